The lowest BCUT2D eigenvalue weighted by Crippen LogP contribution is -2.30. The van der Waals surface area contributed by atoms with E-state index in [0.717, 1.165) is 4.90 Å². The summed E-state index contributed by atoms with van der Waals surface area (Å²) >= 11 is 0. The smallest absolute Gasteiger partial charge is 0.338 e. The molecule has 9 heteroatoms. The van der Waals surface area contributed by atoms with Crippen LogP contribution in [-0.2, 0) is 14.3 Å². The number of hydrogen-bond acceptors (Lipinski definition) is 6. The van der Waals surface area contributed by atoms with Gasteiger partial charge in [0.05, 0.1) is 16.7 Å². The maximum atomic E-state index is 12.5. The van der Waals surface area contributed by atoms with Gasteiger partial charge in [-0.3, -0.25) is 24.1 Å². The summed E-state index contributed by atoms with van der Waals surface area (Å²) in [5.41, 5.74) is 1.37. The van der Waals surface area contributed by atoms with Crippen molar-refractivity contribution in [3.63, 3.8) is 0 Å². The maximum Gasteiger partial charge on any atom is 0.338 e. The molecule has 1 aliphatic heterocycles. The Hall–Kier alpha value is -4.27. The van der Waals surface area contributed by atoms with E-state index in [1.54, 1.807) is 24.3 Å². The summed E-state index contributed by atoms with van der Waals surface area (Å²) in [6.45, 7) is 6.38. The van der Waals surface area contributed by atoms with Gasteiger partial charge in [0.15, 0.2) is 6.10 Å². The number of rotatable bonds is 7. The van der Waals surface area contributed by atoms with Gasteiger partial charge in [-0.15, -0.1) is 6.58 Å². The number of fused-ring (bicyclic) bond motifs is 1. The van der Waals surface area contributed by atoms with Gasteiger partial charge in [0, 0.05) is 24.8 Å². The highest BCUT2D eigenvalue weighted by molar-refractivity contribution is 6.22. The molecule has 4 amide bonds. The van der Waals surface area contributed by atoms with E-state index in [-0.39, 0.29) is 29.1 Å². The van der Waals surface area contributed by atoms with Gasteiger partial charge in [-0.1, -0.05) is 6.08 Å². The van der Waals surface area contributed by atoms with E-state index in [4.69, 9.17) is 4.74 Å². The van der Waals surface area contributed by atoms with Gasteiger partial charge >= 0.3 is 5.97 Å². The molecule has 2 N–H and O–H groups in total. The molecule has 2 aromatic carbocycles. The fraction of sp³-hybridized carbons (Fsp3) is 0.174. The number of benzene rings is 2. The van der Waals surface area contributed by atoms with Gasteiger partial charge in [0.25, 0.3) is 17.7 Å². The summed E-state index contributed by atoms with van der Waals surface area (Å²) < 4.78 is 5.21. The van der Waals surface area contributed by atoms with Gasteiger partial charge < -0.3 is 15.4 Å². The van der Waals surface area contributed by atoms with E-state index in [2.05, 4.69) is 17.2 Å². The van der Waals surface area contributed by atoms with Crippen molar-refractivity contribution in [3.8, 4) is 0 Å². The highest BCUT2D eigenvalue weighted by Gasteiger charge is 2.35. The average molecular weight is 435 g/mol. The zero-order valence-electron chi connectivity index (χ0n) is 17.5. The minimum atomic E-state index is -1.12. The first kappa shape index (κ1) is 22.4. The second-order valence-corrected chi connectivity index (χ2v) is 7.07. The summed E-state index contributed by atoms with van der Waals surface area (Å²) in [5, 5.41) is 5.22. The van der Waals surface area contributed by atoms with Crippen LogP contribution in [0.3, 0.4) is 0 Å². The molecular weight excluding hydrogens is 414 g/mol. The van der Waals surface area contributed by atoms with Crippen molar-refractivity contribution in [2.45, 2.75) is 20.0 Å². The Morgan fingerprint density at radius 3 is 2.19 bits per heavy atom. The predicted octanol–water partition coefficient (Wildman–Crippen LogP) is 2.61. The SMILES string of the molecule is C=CCN1C(=O)c2ccc(C(=O)OC(C)C(=O)Nc3ccc(NC(C)=O)cc3)cc2C1=O. The van der Waals surface area contributed by atoms with Crippen LogP contribution >= 0.6 is 0 Å². The number of imide groups is 1. The van der Waals surface area contributed by atoms with Crippen LogP contribution in [0.15, 0.2) is 55.1 Å². The van der Waals surface area contributed by atoms with Crippen LogP contribution < -0.4 is 10.6 Å². The van der Waals surface area contributed by atoms with Crippen molar-refractivity contribution >= 4 is 41.0 Å². The summed E-state index contributed by atoms with van der Waals surface area (Å²) in [7, 11) is 0. The number of carbonyl (C=O) groups is 5. The molecule has 1 atom stereocenters. The van der Waals surface area contributed by atoms with Crippen molar-refractivity contribution in [2.24, 2.45) is 0 Å². The Balaban J connectivity index is 1.64. The molecule has 1 unspecified atom stereocenters. The van der Waals surface area contributed by atoms with Crippen LogP contribution in [0.1, 0.15) is 44.9 Å². The number of amides is 4. The second-order valence-electron chi connectivity index (χ2n) is 7.07. The van der Waals surface area contributed by atoms with Gasteiger partial charge in [-0.05, 0) is 49.4 Å². The number of nitrogens with zero attached hydrogens (tertiary/aromatic N) is 1. The van der Waals surface area contributed by atoms with Crippen LogP contribution in [0.5, 0.6) is 0 Å². The average Bonchev–Trinajstić information content (AvgIpc) is 2.99. The summed E-state index contributed by atoms with van der Waals surface area (Å²) in [5.74, 6) is -2.56. The molecule has 0 spiro atoms. The van der Waals surface area contributed by atoms with Crippen molar-refractivity contribution in [1.82, 2.24) is 4.90 Å². The normalized spacial score (nSPS) is 13.2. The van der Waals surface area contributed by atoms with Gasteiger partial charge in [0.1, 0.15) is 0 Å². The highest BCUT2D eigenvalue weighted by atomic mass is 16.5. The molecule has 32 heavy (non-hydrogen) atoms. The lowest BCUT2D eigenvalue weighted by Gasteiger charge is -2.14. The topological polar surface area (TPSA) is 122 Å². The van der Waals surface area contributed by atoms with Crippen molar-refractivity contribution in [2.75, 3.05) is 17.2 Å². The third-order valence-electron chi connectivity index (χ3n) is 4.64. The van der Waals surface area contributed by atoms with Crippen LogP contribution in [0, 0.1) is 0 Å². The molecule has 0 radical (unpaired) electrons. The van der Waals surface area contributed by atoms with E-state index in [0.29, 0.717) is 11.4 Å². The molecular formula is C23H21N3O6. The van der Waals surface area contributed by atoms with E-state index >= 15 is 0 Å². The molecule has 0 aliphatic carbocycles. The van der Waals surface area contributed by atoms with Crippen molar-refractivity contribution in [3.05, 3.63) is 71.8 Å². The van der Waals surface area contributed by atoms with Gasteiger partial charge in [0.2, 0.25) is 5.91 Å². The number of ether oxygens (including phenoxy) is 1. The highest BCUT2D eigenvalue weighted by Crippen LogP contribution is 2.24. The minimum absolute atomic E-state index is 0.0460. The van der Waals surface area contributed by atoms with E-state index in [9.17, 15) is 24.0 Å². The quantitative estimate of drug-likeness (QED) is 0.392. The van der Waals surface area contributed by atoms with Crippen LogP contribution in [-0.4, -0.2) is 47.1 Å². The molecule has 0 saturated carbocycles. The zero-order valence-corrected chi connectivity index (χ0v) is 17.5. The Labute approximate surface area is 184 Å². The molecule has 3 rings (SSSR count). The minimum Gasteiger partial charge on any atom is -0.449 e. The first-order valence-electron chi connectivity index (χ1n) is 9.72. The van der Waals surface area contributed by atoms with Crippen LogP contribution in [0.25, 0.3) is 0 Å². The van der Waals surface area contributed by atoms with Gasteiger partial charge in [-0.2, -0.15) is 0 Å². The number of nitrogens with one attached hydrogen (secondary N) is 2. The van der Waals surface area contributed by atoms with Crippen LogP contribution in [0.2, 0.25) is 0 Å². The molecule has 0 aromatic heterocycles. The van der Waals surface area contributed by atoms with Crippen LogP contribution in [0.4, 0.5) is 11.4 Å². The van der Waals surface area contributed by atoms with Crippen molar-refractivity contribution < 1.29 is 28.7 Å². The number of esters is 1. The Kier molecular flexibility index (Phi) is 6.48. The Morgan fingerprint density at radius 2 is 1.59 bits per heavy atom. The summed E-state index contributed by atoms with van der Waals surface area (Å²) in [6.07, 6.45) is 0.310. The van der Waals surface area contributed by atoms with E-state index < -0.39 is 29.8 Å². The molecule has 2 aromatic rings. The first-order chi connectivity index (χ1) is 15.2. The largest absolute Gasteiger partial charge is 0.449 e. The monoisotopic (exact) mass is 435 g/mol. The fourth-order valence-corrected chi connectivity index (χ4v) is 3.08. The molecule has 0 saturated heterocycles. The fourth-order valence-electron chi connectivity index (χ4n) is 3.08. The number of anilines is 2. The molecule has 9 nitrogen and oxygen atoms in total. The van der Waals surface area contributed by atoms with Gasteiger partial charge in [-0.25, -0.2) is 4.79 Å². The molecule has 0 bridgehead atoms. The molecule has 0 fully saturated rings. The third-order valence-corrected chi connectivity index (χ3v) is 4.64. The van der Waals surface area contributed by atoms with Crippen molar-refractivity contribution in [1.29, 1.82) is 0 Å². The number of carbonyl (C=O) groups excluding carboxylic acids is 5. The predicted molar refractivity (Wildman–Crippen MR) is 116 cm³/mol. The third kappa shape index (κ3) is 4.72. The second kappa shape index (κ2) is 9.25. The van der Waals surface area contributed by atoms with E-state index in [1.165, 1.54) is 38.1 Å². The molecule has 1 heterocycles. The molecule has 1 aliphatic rings. The summed E-state index contributed by atoms with van der Waals surface area (Å²) in [4.78, 5) is 61.6. The Morgan fingerprint density at radius 1 is 1.00 bits per heavy atom. The lowest BCUT2D eigenvalue weighted by atomic mass is 10.1. The Bertz CT molecular complexity index is 1120. The maximum absolute atomic E-state index is 12.5. The van der Waals surface area contributed by atoms with E-state index in [1.807, 2.05) is 0 Å². The first-order valence-corrected chi connectivity index (χ1v) is 9.72. The summed E-state index contributed by atoms with van der Waals surface area (Å²) in [6, 6.07) is 10.5. The zero-order chi connectivity index (χ0) is 23.4. The lowest BCUT2D eigenvalue weighted by molar-refractivity contribution is -0.123. The molecule has 164 valence electrons. The number of hydrogen-bond donors (Lipinski definition) is 2. The standard InChI is InChI=1S/C23H21N3O6/c1-4-11-26-21(29)18-10-5-15(12-19(18)22(26)30)23(31)32-13(2)20(28)25-17-8-6-16(7-9-17)24-14(3)27/h4-10,12-13H,1,11H2,2-3H3,(H,24,27)(H,25,28).